The molecule has 0 bridgehead atoms. The van der Waals surface area contributed by atoms with Crippen LogP contribution in [0.4, 0.5) is 11.6 Å². The molecular weight excluding hydrogens is 246 g/mol. The first-order valence-corrected chi connectivity index (χ1v) is 7.34. The number of hydrogen-bond donors (Lipinski definition) is 2. The predicted octanol–water partition coefficient (Wildman–Crippen LogP) is 4.08. The fourth-order valence-corrected chi connectivity index (χ4v) is 1.97. The topological polar surface area (TPSA) is 37.0 Å². The standard InChI is InChI=1S/C17H23N3/c1-3-12-18-16-6-5-7-17(20-16)19-13-15-10-8-14(4-2)9-11-15/h5-11H,3-4,12-13H2,1-2H3,(H2,18,19,20). The van der Waals surface area contributed by atoms with Gasteiger partial charge in [0.2, 0.25) is 0 Å². The van der Waals surface area contributed by atoms with E-state index < -0.39 is 0 Å². The van der Waals surface area contributed by atoms with Gasteiger partial charge in [0.25, 0.3) is 0 Å². The van der Waals surface area contributed by atoms with Gasteiger partial charge in [0.1, 0.15) is 11.6 Å². The van der Waals surface area contributed by atoms with Crippen LogP contribution in [0.15, 0.2) is 42.5 Å². The Bertz CT molecular complexity index is 520. The average Bonchev–Trinajstić information content (AvgIpc) is 2.52. The molecular formula is C17H23N3. The third-order valence-electron chi connectivity index (χ3n) is 3.21. The molecule has 3 heteroatoms. The Morgan fingerprint density at radius 3 is 2.15 bits per heavy atom. The molecule has 2 rings (SSSR count). The van der Waals surface area contributed by atoms with Crippen LogP contribution in [0.1, 0.15) is 31.4 Å². The average molecular weight is 269 g/mol. The van der Waals surface area contributed by atoms with Crippen LogP contribution >= 0.6 is 0 Å². The molecule has 1 aromatic carbocycles. The van der Waals surface area contributed by atoms with Crippen LogP contribution in [0.5, 0.6) is 0 Å². The van der Waals surface area contributed by atoms with E-state index in [0.29, 0.717) is 0 Å². The summed E-state index contributed by atoms with van der Waals surface area (Å²) in [6.45, 7) is 6.07. The fourth-order valence-electron chi connectivity index (χ4n) is 1.97. The van der Waals surface area contributed by atoms with Crippen LogP contribution < -0.4 is 10.6 Å². The van der Waals surface area contributed by atoms with Crippen molar-refractivity contribution in [2.24, 2.45) is 0 Å². The first kappa shape index (κ1) is 14.4. The fraction of sp³-hybridized carbons (Fsp3) is 0.353. The number of anilines is 2. The number of nitrogens with one attached hydrogen (secondary N) is 2. The highest BCUT2D eigenvalue weighted by Gasteiger charge is 1.98. The van der Waals surface area contributed by atoms with Gasteiger partial charge in [-0.1, -0.05) is 44.2 Å². The molecule has 0 aliphatic rings. The van der Waals surface area contributed by atoms with Crippen molar-refractivity contribution >= 4 is 11.6 Å². The number of benzene rings is 1. The van der Waals surface area contributed by atoms with E-state index in [1.165, 1.54) is 11.1 Å². The summed E-state index contributed by atoms with van der Waals surface area (Å²) in [6, 6.07) is 14.7. The normalized spacial score (nSPS) is 10.3. The van der Waals surface area contributed by atoms with Crippen molar-refractivity contribution in [1.29, 1.82) is 0 Å². The molecule has 0 aliphatic carbocycles. The Hall–Kier alpha value is -2.03. The lowest BCUT2D eigenvalue weighted by atomic mass is 10.1. The summed E-state index contributed by atoms with van der Waals surface area (Å²) in [5.41, 5.74) is 2.65. The maximum atomic E-state index is 4.54. The first-order chi connectivity index (χ1) is 9.81. The molecule has 1 aromatic heterocycles. The molecule has 20 heavy (non-hydrogen) atoms. The van der Waals surface area contributed by atoms with Crippen molar-refractivity contribution < 1.29 is 0 Å². The molecule has 0 unspecified atom stereocenters. The van der Waals surface area contributed by atoms with Gasteiger partial charge in [-0.25, -0.2) is 4.98 Å². The number of nitrogens with zero attached hydrogens (tertiary/aromatic N) is 1. The second-order valence-electron chi connectivity index (χ2n) is 4.86. The zero-order valence-electron chi connectivity index (χ0n) is 12.3. The van der Waals surface area contributed by atoms with Gasteiger partial charge in [-0.3, -0.25) is 0 Å². The molecule has 0 spiro atoms. The maximum absolute atomic E-state index is 4.54. The largest absolute Gasteiger partial charge is 0.370 e. The van der Waals surface area contributed by atoms with Gasteiger partial charge in [-0.2, -0.15) is 0 Å². The highest BCUT2D eigenvalue weighted by Crippen LogP contribution is 2.11. The molecule has 1 heterocycles. The molecule has 0 atom stereocenters. The second-order valence-corrected chi connectivity index (χ2v) is 4.86. The van der Waals surface area contributed by atoms with E-state index >= 15 is 0 Å². The van der Waals surface area contributed by atoms with Gasteiger partial charge >= 0.3 is 0 Å². The second kappa shape index (κ2) is 7.53. The summed E-state index contributed by atoms with van der Waals surface area (Å²) in [5, 5.41) is 6.66. The minimum atomic E-state index is 0.800. The molecule has 0 fully saturated rings. The Kier molecular flexibility index (Phi) is 5.42. The van der Waals surface area contributed by atoms with E-state index in [9.17, 15) is 0 Å². The molecule has 0 radical (unpaired) electrons. The zero-order chi connectivity index (χ0) is 14.2. The summed E-state index contributed by atoms with van der Waals surface area (Å²) in [7, 11) is 0. The zero-order valence-corrected chi connectivity index (χ0v) is 12.3. The van der Waals surface area contributed by atoms with E-state index in [0.717, 1.165) is 37.6 Å². The van der Waals surface area contributed by atoms with Gasteiger partial charge in [-0.05, 0) is 36.1 Å². The minimum Gasteiger partial charge on any atom is -0.370 e. The Balaban J connectivity index is 1.92. The van der Waals surface area contributed by atoms with Crippen molar-refractivity contribution in [2.45, 2.75) is 33.2 Å². The highest BCUT2D eigenvalue weighted by atomic mass is 15.1. The van der Waals surface area contributed by atoms with Gasteiger partial charge < -0.3 is 10.6 Å². The van der Waals surface area contributed by atoms with E-state index in [2.05, 4.69) is 53.7 Å². The molecule has 0 aliphatic heterocycles. The van der Waals surface area contributed by atoms with Crippen LogP contribution in [0.25, 0.3) is 0 Å². The van der Waals surface area contributed by atoms with Crippen molar-refractivity contribution in [3.63, 3.8) is 0 Å². The van der Waals surface area contributed by atoms with Crippen molar-refractivity contribution in [3.05, 3.63) is 53.6 Å². The summed E-state index contributed by atoms with van der Waals surface area (Å²) < 4.78 is 0. The molecule has 3 nitrogen and oxygen atoms in total. The smallest absolute Gasteiger partial charge is 0.128 e. The quantitative estimate of drug-likeness (QED) is 0.795. The molecule has 2 N–H and O–H groups in total. The summed E-state index contributed by atoms with van der Waals surface area (Å²) >= 11 is 0. The lowest BCUT2D eigenvalue weighted by molar-refractivity contribution is 0.968. The van der Waals surface area contributed by atoms with E-state index in [4.69, 9.17) is 0 Å². The molecule has 106 valence electrons. The Morgan fingerprint density at radius 1 is 0.850 bits per heavy atom. The molecule has 0 saturated carbocycles. The van der Waals surface area contributed by atoms with Gasteiger partial charge in [0.05, 0.1) is 0 Å². The number of hydrogen-bond acceptors (Lipinski definition) is 3. The molecule has 0 amide bonds. The number of rotatable bonds is 7. The van der Waals surface area contributed by atoms with Gasteiger partial charge in [0, 0.05) is 13.1 Å². The van der Waals surface area contributed by atoms with Crippen LogP contribution in [0.3, 0.4) is 0 Å². The van der Waals surface area contributed by atoms with E-state index in [-0.39, 0.29) is 0 Å². The maximum Gasteiger partial charge on any atom is 0.128 e. The van der Waals surface area contributed by atoms with Crippen molar-refractivity contribution in [2.75, 3.05) is 17.2 Å². The molecule has 0 saturated heterocycles. The Morgan fingerprint density at radius 2 is 1.50 bits per heavy atom. The van der Waals surface area contributed by atoms with E-state index in [1.54, 1.807) is 0 Å². The summed E-state index contributed by atoms with van der Waals surface area (Å²) in [6.07, 6.45) is 2.18. The summed E-state index contributed by atoms with van der Waals surface area (Å²) in [5.74, 6) is 1.84. The number of pyridine rings is 1. The van der Waals surface area contributed by atoms with Crippen LogP contribution in [-0.4, -0.2) is 11.5 Å². The SMILES string of the molecule is CCCNc1cccc(NCc2ccc(CC)cc2)n1. The van der Waals surface area contributed by atoms with Crippen LogP contribution in [-0.2, 0) is 13.0 Å². The van der Waals surface area contributed by atoms with Gasteiger partial charge in [0.15, 0.2) is 0 Å². The third-order valence-corrected chi connectivity index (χ3v) is 3.21. The lowest BCUT2D eigenvalue weighted by Gasteiger charge is -2.09. The minimum absolute atomic E-state index is 0.800. The van der Waals surface area contributed by atoms with Gasteiger partial charge in [-0.15, -0.1) is 0 Å². The molecule has 2 aromatic rings. The summed E-state index contributed by atoms with van der Waals surface area (Å²) in [4.78, 5) is 4.54. The number of aryl methyl sites for hydroxylation is 1. The predicted molar refractivity (Wildman–Crippen MR) is 86.2 cm³/mol. The first-order valence-electron chi connectivity index (χ1n) is 7.34. The third kappa shape index (κ3) is 4.26. The highest BCUT2D eigenvalue weighted by molar-refractivity contribution is 5.45. The Labute approximate surface area is 121 Å². The lowest BCUT2D eigenvalue weighted by Crippen LogP contribution is -2.05. The van der Waals surface area contributed by atoms with Crippen LogP contribution in [0, 0.1) is 0 Å². The van der Waals surface area contributed by atoms with E-state index in [1.807, 2.05) is 18.2 Å². The monoisotopic (exact) mass is 269 g/mol. The van der Waals surface area contributed by atoms with Crippen molar-refractivity contribution in [3.8, 4) is 0 Å². The van der Waals surface area contributed by atoms with Crippen molar-refractivity contribution in [1.82, 2.24) is 4.98 Å². The van der Waals surface area contributed by atoms with Crippen LogP contribution in [0.2, 0.25) is 0 Å². The number of aromatic nitrogens is 1.